The third kappa shape index (κ3) is 3.61. The van der Waals surface area contributed by atoms with Crippen LogP contribution in [0.5, 0.6) is 0 Å². The van der Waals surface area contributed by atoms with E-state index in [2.05, 4.69) is 29.3 Å². The highest BCUT2D eigenvalue weighted by molar-refractivity contribution is 6.06. The van der Waals surface area contributed by atoms with E-state index in [-0.39, 0.29) is 11.9 Å². The van der Waals surface area contributed by atoms with E-state index in [0.717, 1.165) is 25.9 Å². The molecule has 2 aliphatic heterocycles. The lowest BCUT2D eigenvalue weighted by Crippen LogP contribution is -2.47. The number of aryl methyl sites for hydroxylation is 1. The fraction of sp³-hybridized carbons (Fsp3) is 0.579. The Morgan fingerprint density at radius 1 is 1.25 bits per heavy atom. The van der Waals surface area contributed by atoms with Gasteiger partial charge in [0.2, 0.25) is 0 Å². The van der Waals surface area contributed by atoms with E-state index in [4.69, 9.17) is 0 Å². The lowest BCUT2D eigenvalue weighted by atomic mass is 9.93. The standard InChI is InChI=1S/C19H27N3O2/c1-15-7-6-12-21(13-15)14-22-17(23)19(2,20-18(22)24)11-10-16-8-4-3-5-9-16/h3-5,8-9,15H,6-7,10-14H2,1-2H3,(H,20,24)/t15-,19+/m0/s1. The number of hydrogen-bond donors (Lipinski definition) is 1. The fourth-order valence-electron chi connectivity index (χ4n) is 3.70. The number of imide groups is 1. The first-order chi connectivity index (χ1) is 11.5. The summed E-state index contributed by atoms with van der Waals surface area (Å²) < 4.78 is 0. The number of nitrogens with zero attached hydrogens (tertiary/aromatic N) is 2. The van der Waals surface area contributed by atoms with Crippen molar-refractivity contribution in [2.45, 2.75) is 45.1 Å². The van der Waals surface area contributed by atoms with Crippen LogP contribution in [0, 0.1) is 5.92 Å². The zero-order valence-electron chi connectivity index (χ0n) is 14.6. The van der Waals surface area contributed by atoms with Crippen LogP contribution in [0.1, 0.15) is 38.7 Å². The second-order valence-electron chi connectivity index (χ2n) is 7.45. The van der Waals surface area contributed by atoms with E-state index >= 15 is 0 Å². The Kier molecular flexibility index (Phi) is 4.90. The highest BCUT2D eigenvalue weighted by Crippen LogP contribution is 2.24. The molecule has 1 N–H and O–H groups in total. The molecule has 2 aliphatic rings. The highest BCUT2D eigenvalue weighted by Gasteiger charge is 2.47. The van der Waals surface area contributed by atoms with Gasteiger partial charge in [0, 0.05) is 6.54 Å². The summed E-state index contributed by atoms with van der Waals surface area (Å²) in [6.07, 6.45) is 3.76. The van der Waals surface area contributed by atoms with Gasteiger partial charge >= 0.3 is 6.03 Å². The molecule has 3 rings (SSSR count). The first kappa shape index (κ1) is 17.0. The van der Waals surface area contributed by atoms with Gasteiger partial charge in [-0.05, 0) is 50.6 Å². The number of amides is 3. The third-order valence-corrected chi connectivity index (χ3v) is 5.18. The Morgan fingerprint density at radius 2 is 2.00 bits per heavy atom. The van der Waals surface area contributed by atoms with E-state index in [1.54, 1.807) is 0 Å². The van der Waals surface area contributed by atoms with Gasteiger partial charge in [0.25, 0.3) is 5.91 Å². The molecule has 130 valence electrons. The SMILES string of the molecule is C[C@H]1CCCN(CN2C(=O)N[C@](C)(CCc3ccccc3)C2=O)C1. The van der Waals surface area contributed by atoms with E-state index in [0.29, 0.717) is 19.0 Å². The minimum atomic E-state index is -0.797. The van der Waals surface area contributed by atoms with Gasteiger partial charge in [0.05, 0.1) is 6.67 Å². The quantitative estimate of drug-likeness (QED) is 0.845. The number of rotatable bonds is 5. The molecule has 3 amide bonds. The van der Waals surface area contributed by atoms with Crippen molar-refractivity contribution in [2.75, 3.05) is 19.8 Å². The monoisotopic (exact) mass is 329 g/mol. The number of likely N-dealkylation sites (tertiary alicyclic amines) is 1. The van der Waals surface area contributed by atoms with Crippen LogP contribution in [0.2, 0.25) is 0 Å². The van der Waals surface area contributed by atoms with Crippen molar-refractivity contribution in [1.29, 1.82) is 0 Å². The van der Waals surface area contributed by atoms with Crippen molar-refractivity contribution in [3.8, 4) is 0 Å². The second kappa shape index (κ2) is 6.93. The van der Waals surface area contributed by atoms with Crippen molar-refractivity contribution in [1.82, 2.24) is 15.1 Å². The number of nitrogens with one attached hydrogen (secondary N) is 1. The summed E-state index contributed by atoms with van der Waals surface area (Å²) in [7, 11) is 0. The molecule has 0 unspecified atom stereocenters. The Balaban J connectivity index is 1.62. The molecule has 2 fully saturated rings. The number of piperidine rings is 1. The molecule has 5 heteroatoms. The predicted octanol–water partition coefficient (Wildman–Crippen LogP) is 2.62. The molecule has 1 aromatic carbocycles. The largest absolute Gasteiger partial charge is 0.326 e. The summed E-state index contributed by atoms with van der Waals surface area (Å²) in [6.45, 7) is 6.40. The van der Waals surface area contributed by atoms with Crippen LogP contribution in [-0.4, -0.2) is 47.0 Å². The van der Waals surface area contributed by atoms with Crippen LogP contribution in [-0.2, 0) is 11.2 Å². The molecule has 0 bridgehead atoms. The summed E-state index contributed by atoms with van der Waals surface area (Å²) >= 11 is 0. The molecule has 5 nitrogen and oxygen atoms in total. The maximum atomic E-state index is 12.8. The topological polar surface area (TPSA) is 52.6 Å². The Hall–Kier alpha value is -1.88. The minimum absolute atomic E-state index is 0.0957. The van der Waals surface area contributed by atoms with Gasteiger partial charge in [-0.2, -0.15) is 0 Å². The molecule has 2 atom stereocenters. The fourth-order valence-corrected chi connectivity index (χ4v) is 3.70. The Morgan fingerprint density at radius 3 is 2.71 bits per heavy atom. The van der Waals surface area contributed by atoms with Gasteiger partial charge in [-0.25, -0.2) is 9.69 Å². The molecule has 0 aliphatic carbocycles. The highest BCUT2D eigenvalue weighted by atomic mass is 16.2. The first-order valence-electron chi connectivity index (χ1n) is 8.88. The normalized spacial score (nSPS) is 28.2. The van der Waals surface area contributed by atoms with Gasteiger partial charge in [0.15, 0.2) is 0 Å². The summed E-state index contributed by atoms with van der Waals surface area (Å²) in [6, 6.07) is 9.82. The molecule has 0 spiro atoms. The average molecular weight is 329 g/mol. The third-order valence-electron chi connectivity index (χ3n) is 5.18. The molecule has 24 heavy (non-hydrogen) atoms. The van der Waals surface area contributed by atoms with Crippen molar-refractivity contribution in [2.24, 2.45) is 5.92 Å². The molecule has 0 radical (unpaired) electrons. The summed E-state index contributed by atoms with van der Waals surface area (Å²) in [5, 5.41) is 2.91. The van der Waals surface area contributed by atoms with E-state index in [9.17, 15) is 9.59 Å². The Bertz CT molecular complexity index is 604. The Labute approximate surface area is 144 Å². The van der Waals surface area contributed by atoms with E-state index < -0.39 is 5.54 Å². The van der Waals surface area contributed by atoms with E-state index in [1.807, 2.05) is 25.1 Å². The molecule has 1 aromatic rings. The zero-order chi connectivity index (χ0) is 17.2. The van der Waals surface area contributed by atoms with Crippen LogP contribution in [0.3, 0.4) is 0 Å². The second-order valence-corrected chi connectivity index (χ2v) is 7.45. The molecule has 2 saturated heterocycles. The van der Waals surface area contributed by atoms with Gasteiger partial charge in [-0.3, -0.25) is 9.69 Å². The minimum Gasteiger partial charge on any atom is -0.323 e. The number of benzene rings is 1. The van der Waals surface area contributed by atoms with Gasteiger partial charge in [-0.1, -0.05) is 37.3 Å². The smallest absolute Gasteiger partial charge is 0.323 e. The van der Waals surface area contributed by atoms with Crippen LogP contribution in [0.25, 0.3) is 0 Å². The van der Waals surface area contributed by atoms with E-state index in [1.165, 1.54) is 16.9 Å². The van der Waals surface area contributed by atoms with Crippen LogP contribution < -0.4 is 5.32 Å². The number of carbonyl (C=O) groups is 2. The number of hydrogen-bond acceptors (Lipinski definition) is 3. The van der Waals surface area contributed by atoms with Crippen molar-refractivity contribution in [3.63, 3.8) is 0 Å². The zero-order valence-corrected chi connectivity index (χ0v) is 14.6. The maximum Gasteiger partial charge on any atom is 0.326 e. The van der Waals surface area contributed by atoms with Crippen LogP contribution in [0.15, 0.2) is 30.3 Å². The van der Waals surface area contributed by atoms with Crippen molar-refractivity contribution in [3.05, 3.63) is 35.9 Å². The lowest BCUT2D eigenvalue weighted by molar-refractivity contribution is -0.132. The molecule has 0 saturated carbocycles. The van der Waals surface area contributed by atoms with Crippen LogP contribution in [0.4, 0.5) is 4.79 Å². The van der Waals surface area contributed by atoms with Gasteiger partial charge in [0.1, 0.15) is 5.54 Å². The summed E-state index contributed by atoms with van der Waals surface area (Å²) in [4.78, 5) is 28.8. The maximum absolute atomic E-state index is 12.8. The average Bonchev–Trinajstić information content (AvgIpc) is 2.78. The van der Waals surface area contributed by atoms with Gasteiger partial charge < -0.3 is 5.32 Å². The molecule has 0 aromatic heterocycles. The first-order valence-corrected chi connectivity index (χ1v) is 8.88. The van der Waals surface area contributed by atoms with Crippen molar-refractivity contribution >= 4 is 11.9 Å². The molecular formula is C19H27N3O2. The number of carbonyl (C=O) groups excluding carboxylic acids is 2. The lowest BCUT2D eigenvalue weighted by Gasteiger charge is -2.33. The predicted molar refractivity (Wildman–Crippen MR) is 93.4 cm³/mol. The van der Waals surface area contributed by atoms with Crippen LogP contribution >= 0.6 is 0 Å². The summed E-state index contributed by atoms with van der Waals surface area (Å²) in [5.41, 5.74) is 0.387. The van der Waals surface area contributed by atoms with Gasteiger partial charge in [-0.15, -0.1) is 0 Å². The van der Waals surface area contributed by atoms with Crippen molar-refractivity contribution < 1.29 is 9.59 Å². The molecule has 2 heterocycles. The molecular weight excluding hydrogens is 302 g/mol. The number of urea groups is 1. The summed E-state index contributed by atoms with van der Waals surface area (Å²) in [5.74, 6) is 0.533.